The zero-order valence-corrected chi connectivity index (χ0v) is 12.0. The van der Waals surface area contributed by atoms with Crippen molar-refractivity contribution in [2.24, 2.45) is 0 Å². The number of rotatable bonds is 2. The molecular weight excluding hydrogens is 358 g/mol. The summed E-state index contributed by atoms with van der Waals surface area (Å²) in [5.74, 6) is -5.24. The summed E-state index contributed by atoms with van der Waals surface area (Å²) in [5.41, 5.74) is 0.0350. The Balaban J connectivity index is 2.28. The summed E-state index contributed by atoms with van der Waals surface area (Å²) in [6.45, 7) is 0. The van der Waals surface area contributed by atoms with Crippen molar-refractivity contribution in [3.05, 3.63) is 62.8 Å². The number of amides is 1. The summed E-state index contributed by atoms with van der Waals surface area (Å²) < 4.78 is 39.4. The first-order valence-corrected chi connectivity index (χ1v) is 6.46. The maximum absolute atomic E-state index is 13.0. The predicted molar refractivity (Wildman–Crippen MR) is 73.4 cm³/mol. The number of carbonyl (C=O) groups is 1. The van der Waals surface area contributed by atoms with E-state index in [4.69, 9.17) is 11.6 Å². The second-order valence-electron chi connectivity index (χ2n) is 3.83. The van der Waals surface area contributed by atoms with Gasteiger partial charge in [-0.15, -0.1) is 0 Å². The average molecular weight is 365 g/mol. The first-order chi connectivity index (χ1) is 9.38. The molecule has 0 heterocycles. The summed E-state index contributed by atoms with van der Waals surface area (Å²) in [6.07, 6.45) is 0. The van der Waals surface area contributed by atoms with E-state index in [1.54, 1.807) is 6.07 Å². The zero-order chi connectivity index (χ0) is 14.9. The minimum absolute atomic E-state index is 0.330. The van der Waals surface area contributed by atoms with Crippen LogP contribution in [0.4, 0.5) is 18.9 Å². The Morgan fingerprint density at radius 3 is 2.25 bits per heavy atom. The molecule has 0 aromatic heterocycles. The Hall–Kier alpha value is -1.53. The molecule has 0 fully saturated rings. The Bertz CT molecular complexity index is 670. The SMILES string of the molecule is O=C(Nc1ccc(Cl)cc1Br)c1cc(F)c(F)c(F)c1. The molecule has 2 aromatic carbocycles. The van der Waals surface area contributed by atoms with Crippen LogP contribution in [0, 0.1) is 17.5 Å². The van der Waals surface area contributed by atoms with Crippen LogP contribution in [-0.4, -0.2) is 5.91 Å². The average Bonchev–Trinajstić information content (AvgIpc) is 2.38. The van der Waals surface area contributed by atoms with Crippen LogP contribution >= 0.6 is 27.5 Å². The summed E-state index contributed by atoms with van der Waals surface area (Å²) in [7, 11) is 0. The van der Waals surface area contributed by atoms with Crippen molar-refractivity contribution in [1.29, 1.82) is 0 Å². The largest absolute Gasteiger partial charge is 0.321 e. The van der Waals surface area contributed by atoms with Gasteiger partial charge in [0.2, 0.25) is 0 Å². The van der Waals surface area contributed by atoms with E-state index in [2.05, 4.69) is 21.2 Å². The van der Waals surface area contributed by atoms with Crippen LogP contribution in [0.25, 0.3) is 0 Å². The fourth-order valence-corrected chi connectivity index (χ4v) is 2.25. The van der Waals surface area contributed by atoms with Gasteiger partial charge in [0, 0.05) is 15.1 Å². The van der Waals surface area contributed by atoms with E-state index in [0.717, 1.165) is 0 Å². The van der Waals surface area contributed by atoms with E-state index in [9.17, 15) is 18.0 Å². The molecule has 0 bridgehead atoms. The lowest BCUT2D eigenvalue weighted by Gasteiger charge is -2.08. The van der Waals surface area contributed by atoms with Crippen LogP contribution in [0.2, 0.25) is 5.02 Å². The molecule has 0 unspecified atom stereocenters. The molecule has 104 valence electrons. The first kappa shape index (κ1) is 14.9. The number of hydrogen-bond donors (Lipinski definition) is 1. The van der Waals surface area contributed by atoms with E-state index in [0.29, 0.717) is 27.3 Å². The van der Waals surface area contributed by atoms with Gasteiger partial charge in [-0.1, -0.05) is 11.6 Å². The van der Waals surface area contributed by atoms with Crippen molar-refractivity contribution in [2.75, 3.05) is 5.32 Å². The lowest BCUT2D eigenvalue weighted by atomic mass is 10.2. The molecule has 0 saturated heterocycles. The molecule has 2 rings (SSSR count). The van der Waals surface area contributed by atoms with Crippen molar-refractivity contribution < 1.29 is 18.0 Å². The second kappa shape index (κ2) is 5.85. The minimum atomic E-state index is -1.62. The summed E-state index contributed by atoms with van der Waals surface area (Å²) in [5, 5.41) is 2.88. The summed E-state index contributed by atoms with van der Waals surface area (Å²) in [6, 6.07) is 5.84. The molecule has 1 amide bonds. The van der Waals surface area contributed by atoms with Gasteiger partial charge in [0.25, 0.3) is 5.91 Å². The molecule has 0 aliphatic carbocycles. The number of benzene rings is 2. The van der Waals surface area contributed by atoms with Crippen molar-refractivity contribution in [2.45, 2.75) is 0 Å². The second-order valence-corrected chi connectivity index (χ2v) is 5.12. The van der Waals surface area contributed by atoms with E-state index in [1.165, 1.54) is 12.1 Å². The summed E-state index contributed by atoms with van der Waals surface area (Å²) >= 11 is 8.93. The summed E-state index contributed by atoms with van der Waals surface area (Å²) in [4.78, 5) is 11.8. The van der Waals surface area contributed by atoms with Crippen molar-refractivity contribution in [1.82, 2.24) is 0 Å². The van der Waals surface area contributed by atoms with E-state index in [-0.39, 0.29) is 5.56 Å². The van der Waals surface area contributed by atoms with Gasteiger partial charge in [0.1, 0.15) is 0 Å². The molecule has 0 radical (unpaired) electrons. The maximum Gasteiger partial charge on any atom is 0.255 e. The van der Waals surface area contributed by atoms with Crippen molar-refractivity contribution >= 4 is 39.1 Å². The smallest absolute Gasteiger partial charge is 0.255 e. The lowest BCUT2D eigenvalue weighted by molar-refractivity contribution is 0.102. The molecule has 1 N–H and O–H groups in total. The fraction of sp³-hybridized carbons (Fsp3) is 0. The zero-order valence-electron chi connectivity index (χ0n) is 9.68. The van der Waals surface area contributed by atoms with Crippen molar-refractivity contribution in [3.8, 4) is 0 Å². The maximum atomic E-state index is 13.0. The highest BCUT2D eigenvalue weighted by molar-refractivity contribution is 9.10. The van der Waals surface area contributed by atoms with Crippen molar-refractivity contribution in [3.63, 3.8) is 0 Å². The Morgan fingerprint density at radius 1 is 1.10 bits per heavy atom. The van der Waals surface area contributed by atoms with E-state index in [1.807, 2.05) is 0 Å². The van der Waals surface area contributed by atoms with E-state index < -0.39 is 23.4 Å². The number of carbonyl (C=O) groups excluding carboxylic acids is 1. The number of halogens is 5. The normalized spacial score (nSPS) is 10.4. The molecule has 20 heavy (non-hydrogen) atoms. The number of hydrogen-bond acceptors (Lipinski definition) is 1. The van der Waals surface area contributed by atoms with Gasteiger partial charge >= 0.3 is 0 Å². The highest BCUT2D eigenvalue weighted by Crippen LogP contribution is 2.26. The first-order valence-electron chi connectivity index (χ1n) is 5.29. The molecule has 0 spiro atoms. The molecule has 0 aliphatic heterocycles. The topological polar surface area (TPSA) is 29.1 Å². The Morgan fingerprint density at radius 2 is 1.70 bits per heavy atom. The minimum Gasteiger partial charge on any atom is -0.321 e. The highest BCUT2D eigenvalue weighted by Gasteiger charge is 2.15. The van der Waals surface area contributed by atoms with E-state index >= 15 is 0 Å². The van der Waals surface area contributed by atoms with Crippen LogP contribution in [0.1, 0.15) is 10.4 Å². The number of nitrogens with one attached hydrogen (secondary N) is 1. The fourth-order valence-electron chi connectivity index (χ4n) is 1.47. The van der Waals surface area contributed by atoms with Gasteiger partial charge in [-0.2, -0.15) is 0 Å². The van der Waals surface area contributed by atoms with Crippen LogP contribution in [-0.2, 0) is 0 Å². The molecule has 0 aliphatic rings. The quantitative estimate of drug-likeness (QED) is 0.764. The molecule has 0 atom stereocenters. The van der Waals surface area contributed by atoms with Gasteiger partial charge < -0.3 is 5.32 Å². The molecule has 0 saturated carbocycles. The standard InChI is InChI=1S/C13H6BrClF3NO/c14-8-5-7(15)1-2-11(8)19-13(20)6-3-9(16)12(18)10(17)4-6/h1-5H,(H,19,20). The highest BCUT2D eigenvalue weighted by atomic mass is 79.9. The van der Waals surface area contributed by atoms with Gasteiger partial charge in [-0.3, -0.25) is 4.79 Å². The van der Waals surface area contributed by atoms with Gasteiger partial charge in [-0.05, 0) is 46.3 Å². The Labute approximate surface area is 125 Å². The van der Waals surface area contributed by atoms with Crippen LogP contribution in [0.5, 0.6) is 0 Å². The number of anilines is 1. The van der Waals surface area contributed by atoms with Crippen LogP contribution < -0.4 is 5.32 Å². The van der Waals surface area contributed by atoms with Gasteiger partial charge in [-0.25, -0.2) is 13.2 Å². The molecule has 2 nitrogen and oxygen atoms in total. The molecule has 7 heteroatoms. The van der Waals surface area contributed by atoms with Gasteiger partial charge in [0.05, 0.1) is 5.69 Å². The predicted octanol–water partition coefficient (Wildman–Crippen LogP) is 4.77. The van der Waals surface area contributed by atoms with Crippen LogP contribution in [0.15, 0.2) is 34.8 Å². The molecular formula is C13H6BrClF3NO. The third kappa shape index (κ3) is 3.13. The molecule has 2 aromatic rings. The van der Waals surface area contributed by atoms with Crippen LogP contribution in [0.3, 0.4) is 0 Å². The Kier molecular flexibility index (Phi) is 4.35. The third-order valence-electron chi connectivity index (χ3n) is 2.43. The monoisotopic (exact) mass is 363 g/mol. The third-order valence-corrected chi connectivity index (χ3v) is 3.32. The lowest BCUT2D eigenvalue weighted by Crippen LogP contribution is -2.13. The van der Waals surface area contributed by atoms with Gasteiger partial charge in [0.15, 0.2) is 17.5 Å².